The molecule has 0 spiro atoms. The molecular formula is C14H14O4S. The Kier molecular flexibility index (Phi) is 4.19. The van der Waals surface area contributed by atoms with E-state index in [0.717, 1.165) is 6.26 Å². The second kappa shape index (κ2) is 5.86. The van der Waals surface area contributed by atoms with Gasteiger partial charge in [0, 0.05) is 5.56 Å². The molecule has 0 amide bonds. The predicted molar refractivity (Wildman–Crippen MR) is 72.2 cm³/mol. The summed E-state index contributed by atoms with van der Waals surface area (Å²) in [5.74, 6) is 0.542. The van der Waals surface area contributed by atoms with Gasteiger partial charge in [0.05, 0.1) is 6.26 Å². The summed E-state index contributed by atoms with van der Waals surface area (Å²) in [5, 5.41) is 0. The number of ether oxygens (including phenoxy) is 1. The van der Waals surface area contributed by atoms with Gasteiger partial charge >= 0.3 is 0 Å². The molecule has 1 unspecified atom stereocenters. The van der Waals surface area contributed by atoms with Crippen molar-refractivity contribution in [2.75, 3.05) is 6.26 Å². The molecule has 0 N–H and O–H groups in total. The standard InChI is InChI=1S/C14H14O4S/c1-19(15,16)18-14(12-8-4-2-5-9-12)17-13-10-6-3-7-11-13/h2-11,14H,1H3. The summed E-state index contributed by atoms with van der Waals surface area (Å²) in [7, 11) is -3.62. The average molecular weight is 278 g/mol. The van der Waals surface area contributed by atoms with E-state index in [0.29, 0.717) is 11.3 Å². The van der Waals surface area contributed by atoms with E-state index in [1.54, 1.807) is 48.5 Å². The van der Waals surface area contributed by atoms with Crippen LogP contribution in [0.4, 0.5) is 0 Å². The Balaban J connectivity index is 2.25. The van der Waals surface area contributed by atoms with Crippen molar-refractivity contribution in [1.29, 1.82) is 0 Å². The maximum Gasteiger partial charge on any atom is 0.267 e. The Morgan fingerprint density at radius 1 is 0.895 bits per heavy atom. The van der Waals surface area contributed by atoms with Crippen LogP contribution in [0.1, 0.15) is 11.9 Å². The number of para-hydroxylation sites is 1. The van der Waals surface area contributed by atoms with E-state index in [-0.39, 0.29) is 0 Å². The highest BCUT2D eigenvalue weighted by Gasteiger charge is 2.19. The molecule has 0 fully saturated rings. The molecule has 0 saturated heterocycles. The average Bonchev–Trinajstić information content (AvgIpc) is 2.39. The predicted octanol–water partition coefficient (Wildman–Crippen LogP) is 2.74. The number of hydrogen-bond acceptors (Lipinski definition) is 4. The normalized spacial score (nSPS) is 12.9. The lowest BCUT2D eigenvalue weighted by Crippen LogP contribution is -2.16. The number of rotatable bonds is 5. The van der Waals surface area contributed by atoms with Gasteiger partial charge in [-0.05, 0) is 12.1 Å². The Morgan fingerprint density at radius 2 is 1.42 bits per heavy atom. The number of benzene rings is 2. The van der Waals surface area contributed by atoms with Crippen molar-refractivity contribution < 1.29 is 17.3 Å². The van der Waals surface area contributed by atoms with E-state index in [1.165, 1.54) is 0 Å². The molecule has 0 saturated carbocycles. The third kappa shape index (κ3) is 4.39. The summed E-state index contributed by atoms with van der Waals surface area (Å²) in [6.45, 7) is 0. The van der Waals surface area contributed by atoms with Crippen LogP contribution in [0.15, 0.2) is 60.7 Å². The van der Waals surface area contributed by atoms with Gasteiger partial charge in [-0.15, -0.1) is 0 Å². The van der Waals surface area contributed by atoms with Crippen molar-refractivity contribution in [3.63, 3.8) is 0 Å². The smallest absolute Gasteiger partial charge is 0.267 e. The maximum absolute atomic E-state index is 11.3. The van der Waals surface area contributed by atoms with E-state index in [1.807, 2.05) is 12.1 Å². The summed E-state index contributed by atoms with van der Waals surface area (Å²) in [5.41, 5.74) is 0.636. The van der Waals surface area contributed by atoms with Gasteiger partial charge in [0.15, 0.2) is 0 Å². The van der Waals surface area contributed by atoms with Crippen LogP contribution >= 0.6 is 0 Å². The molecule has 0 aliphatic heterocycles. The van der Waals surface area contributed by atoms with Gasteiger partial charge in [-0.2, -0.15) is 8.42 Å². The fourth-order valence-corrected chi connectivity index (χ4v) is 2.00. The van der Waals surface area contributed by atoms with Crippen LogP contribution in [0, 0.1) is 0 Å². The molecule has 2 aromatic rings. The van der Waals surface area contributed by atoms with Gasteiger partial charge in [-0.1, -0.05) is 48.5 Å². The van der Waals surface area contributed by atoms with Crippen molar-refractivity contribution in [1.82, 2.24) is 0 Å². The van der Waals surface area contributed by atoms with Crippen molar-refractivity contribution in [3.05, 3.63) is 66.2 Å². The maximum atomic E-state index is 11.3. The Labute approximate surface area is 112 Å². The van der Waals surface area contributed by atoms with Crippen LogP contribution in [0.3, 0.4) is 0 Å². The Hall–Kier alpha value is -1.85. The van der Waals surface area contributed by atoms with Gasteiger partial charge in [0.25, 0.3) is 10.1 Å². The molecule has 100 valence electrons. The van der Waals surface area contributed by atoms with Crippen molar-refractivity contribution in [3.8, 4) is 5.75 Å². The largest absolute Gasteiger partial charge is 0.459 e. The van der Waals surface area contributed by atoms with E-state index in [9.17, 15) is 8.42 Å². The molecule has 2 aromatic carbocycles. The lowest BCUT2D eigenvalue weighted by molar-refractivity contribution is 0.0105. The van der Waals surface area contributed by atoms with Gasteiger partial charge in [-0.3, -0.25) is 0 Å². The van der Waals surface area contributed by atoms with E-state index >= 15 is 0 Å². The van der Waals surface area contributed by atoms with Crippen LogP contribution in [-0.4, -0.2) is 14.7 Å². The highest BCUT2D eigenvalue weighted by atomic mass is 32.2. The first-order chi connectivity index (χ1) is 9.04. The molecule has 2 rings (SSSR count). The minimum atomic E-state index is -3.62. The summed E-state index contributed by atoms with van der Waals surface area (Å²) >= 11 is 0. The SMILES string of the molecule is CS(=O)(=O)OC(Oc1ccccc1)c1ccccc1. The van der Waals surface area contributed by atoms with Gasteiger partial charge < -0.3 is 4.74 Å². The quantitative estimate of drug-likeness (QED) is 0.623. The molecule has 0 aromatic heterocycles. The van der Waals surface area contributed by atoms with E-state index in [2.05, 4.69) is 0 Å². The zero-order chi connectivity index (χ0) is 13.7. The van der Waals surface area contributed by atoms with Crippen LogP contribution in [0.2, 0.25) is 0 Å². The fourth-order valence-electron chi connectivity index (χ4n) is 1.53. The first kappa shape index (κ1) is 13.6. The lowest BCUT2D eigenvalue weighted by Gasteiger charge is -2.18. The molecule has 0 radical (unpaired) electrons. The first-order valence-electron chi connectivity index (χ1n) is 5.69. The van der Waals surface area contributed by atoms with Gasteiger partial charge in [-0.25, -0.2) is 4.18 Å². The molecule has 1 atom stereocenters. The summed E-state index contributed by atoms with van der Waals surface area (Å²) in [6, 6.07) is 17.9. The van der Waals surface area contributed by atoms with E-state index in [4.69, 9.17) is 8.92 Å². The second-order valence-corrected chi connectivity index (χ2v) is 5.57. The van der Waals surface area contributed by atoms with E-state index < -0.39 is 16.4 Å². The van der Waals surface area contributed by atoms with Gasteiger partial charge in [0.2, 0.25) is 6.29 Å². The first-order valence-corrected chi connectivity index (χ1v) is 7.51. The van der Waals surface area contributed by atoms with Crippen LogP contribution in [0.25, 0.3) is 0 Å². The third-order valence-corrected chi connectivity index (χ3v) is 2.84. The fraction of sp³-hybridized carbons (Fsp3) is 0.143. The zero-order valence-electron chi connectivity index (χ0n) is 10.4. The van der Waals surface area contributed by atoms with Crippen LogP contribution < -0.4 is 4.74 Å². The molecule has 19 heavy (non-hydrogen) atoms. The van der Waals surface area contributed by atoms with Crippen LogP contribution in [-0.2, 0) is 14.3 Å². The summed E-state index contributed by atoms with van der Waals surface area (Å²) < 4.78 is 33.2. The molecular weight excluding hydrogens is 264 g/mol. The minimum absolute atomic E-state index is 0.542. The zero-order valence-corrected chi connectivity index (χ0v) is 11.2. The molecule has 0 heterocycles. The highest BCUT2D eigenvalue weighted by Crippen LogP contribution is 2.24. The molecule has 0 aliphatic rings. The number of hydrogen-bond donors (Lipinski definition) is 0. The van der Waals surface area contributed by atoms with Crippen molar-refractivity contribution in [2.45, 2.75) is 6.29 Å². The Bertz CT molecular complexity index is 608. The van der Waals surface area contributed by atoms with Crippen LogP contribution in [0.5, 0.6) is 5.75 Å². The third-order valence-electron chi connectivity index (χ3n) is 2.32. The van der Waals surface area contributed by atoms with Crippen molar-refractivity contribution >= 4 is 10.1 Å². The Morgan fingerprint density at radius 3 is 1.95 bits per heavy atom. The molecule has 5 heteroatoms. The summed E-state index contributed by atoms with van der Waals surface area (Å²) in [4.78, 5) is 0. The highest BCUT2D eigenvalue weighted by molar-refractivity contribution is 7.85. The minimum Gasteiger partial charge on any atom is -0.459 e. The summed E-state index contributed by atoms with van der Waals surface area (Å²) in [6.07, 6.45) is 0.00991. The lowest BCUT2D eigenvalue weighted by atomic mass is 10.2. The van der Waals surface area contributed by atoms with Crippen molar-refractivity contribution in [2.24, 2.45) is 0 Å². The second-order valence-electron chi connectivity index (χ2n) is 3.97. The topological polar surface area (TPSA) is 52.6 Å². The molecule has 0 bridgehead atoms. The van der Waals surface area contributed by atoms with Gasteiger partial charge in [0.1, 0.15) is 5.75 Å². The molecule has 0 aliphatic carbocycles. The monoisotopic (exact) mass is 278 g/mol. The molecule has 4 nitrogen and oxygen atoms in total.